The lowest BCUT2D eigenvalue weighted by atomic mass is 10.3. The molecule has 0 saturated carbocycles. The van der Waals surface area contributed by atoms with Crippen molar-refractivity contribution in [3.05, 3.63) is 30.3 Å². The third-order valence-electron chi connectivity index (χ3n) is 1.22. The topological polar surface area (TPSA) is 0 Å². The van der Waals surface area contributed by atoms with Crippen molar-refractivity contribution in [2.75, 3.05) is 0 Å². The average molecular weight is 165 g/mol. The van der Waals surface area contributed by atoms with E-state index in [0.29, 0.717) is 5.16 Å². The molecule has 0 aliphatic rings. The number of rotatable bonds is 1. The Balaban J connectivity index is 2.66. The summed E-state index contributed by atoms with van der Waals surface area (Å²) in [7, 11) is 1.41. The van der Waals surface area contributed by atoms with Crippen LogP contribution < -0.4 is 5.30 Å². The molecule has 0 aliphatic heterocycles. The van der Waals surface area contributed by atoms with Crippen molar-refractivity contribution in [2.24, 2.45) is 0 Å². The molecular formula is C10H14P-. The van der Waals surface area contributed by atoms with E-state index >= 15 is 0 Å². The highest BCUT2D eigenvalue weighted by atomic mass is 31.1. The molecule has 0 unspecified atom stereocenters. The molecule has 0 saturated heterocycles. The maximum atomic E-state index is 2.25. The van der Waals surface area contributed by atoms with Crippen LogP contribution in [0.3, 0.4) is 0 Å². The summed E-state index contributed by atoms with van der Waals surface area (Å²) in [6, 6.07) is 10.6. The Morgan fingerprint density at radius 1 is 1.00 bits per heavy atom. The fourth-order valence-electron chi connectivity index (χ4n) is 0.890. The van der Waals surface area contributed by atoms with Crippen molar-refractivity contribution in [1.82, 2.24) is 0 Å². The number of hydrogen-bond acceptors (Lipinski definition) is 0. The lowest BCUT2D eigenvalue weighted by Gasteiger charge is -2.35. The van der Waals surface area contributed by atoms with Crippen LogP contribution in [0.1, 0.15) is 20.8 Å². The van der Waals surface area contributed by atoms with Gasteiger partial charge in [0, 0.05) is 0 Å². The third kappa shape index (κ3) is 3.53. The molecule has 1 heteroatoms. The first-order valence-corrected chi connectivity index (χ1v) is 4.75. The van der Waals surface area contributed by atoms with E-state index in [2.05, 4.69) is 51.1 Å². The predicted octanol–water partition coefficient (Wildman–Crippen LogP) is 3.06. The largest absolute Gasteiger partial charge is 0.500 e. The second kappa shape index (κ2) is 3.36. The molecule has 0 N–H and O–H groups in total. The van der Waals surface area contributed by atoms with Crippen LogP contribution in [0.25, 0.3) is 0 Å². The summed E-state index contributed by atoms with van der Waals surface area (Å²) in [6.45, 7) is 6.75. The molecule has 0 aliphatic carbocycles. The molecule has 0 atom stereocenters. The molecule has 0 fully saturated rings. The van der Waals surface area contributed by atoms with Crippen LogP contribution in [0.15, 0.2) is 30.3 Å². The summed E-state index contributed by atoms with van der Waals surface area (Å²) in [5.41, 5.74) is 0. The minimum atomic E-state index is 0.376. The lowest BCUT2D eigenvalue weighted by Crippen LogP contribution is -2.10. The van der Waals surface area contributed by atoms with Gasteiger partial charge in [-0.2, -0.15) is 5.16 Å². The first-order chi connectivity index (χ1) is 5.08. The summed E-state index contributed by atoms with van der Waals surface area (Å²) in [4.78, 5) is 0. The van der Waals surface area contributed by atoms with Crippen LogP contribution >= 0.6 is 8.58 Å². The second-order valence-electron chi connectivity index (χ2n) is 3.62. The molecule has 1 rings (SSSR count). The molecule has 60 valence electrons. The van der Waals surface area contributed by atoms with E-state index in [-0.39, 0.29) is 0 Å². The standard InChI is InChI=1S/C10H14P/c1-10(2,3)11-9-7-5-4-6-8-9/h4-8H,1-3H3/q-1. The predicted molar refractivity (Wildman–Crippen MR) is 52.7 cm³/mol. The van der Waals surface area contributed by atoms with Gasteiger partial charge in [0.15, 0.2) is 0 Å². The molecular weight excluding hydrogens is 151 g/mol. The summed E-state index contributed by atoms with van der Waals surface area (Å²) < 4.78 is 0. The zero-order chi connectivity index (χ0) is 8.32. The molecule has 0 radical (unpaired) electrons. The molecule has 11 heavy (non-hydrogen) atoms. The van der Waals surface area contributed by atoms with Crippen LogP contribution in [-0.2, 0) is 0 Å². The summed E-state index contributed by atoms with van der Waals surface area (Å²) >= 11 is 0. The fourth-order valence-corrected chi connectivity index (χ4v) is 1.99. The Labute approximate surface area is 70.8 Å². The average Bonchev–Trinajstić information content (AvgIpc) is 1.85. The summed E-state index contributed by atoms with van der Waals surface area (Å²) in [5, 5.41) is 1.78. The molecule has 1 aromatic carbocycles. The Bertz CT molecular complexity index is 208. The summed E-state index contributed by atoms with van der Waals surface area (Å²) in [5.74, 6) is 0. The van der Waals surface area contributed by atoms with Crippen molar-refractivity contribution in [1.29, 1.82) is 0 Å². The number of hydrogen-bond donors (Lipinski definition) is 0. The van der Waals surface area contributed by atoms with Gasteiger partial charge in [-0.1, -0.05) is 51.1 Å². The van der Waals surface area contributed by atoms with Crippen molar-refractivity contribution >= 4 is 13.9 Å². The van der Waals surface area contributed by atoms with Crippen molar-refractivity contribution in [2.45, 2.75) is 25.9 Å². The zero-order valence-corrected chi connectivity index (χ0v) is 8.23. The van der Waals surface area contributed by atoms with Crippen molar-refractivity contribution in [3.63, 3.8) is 0 Å². The van der Waals surface area contributed by atoms with Crippen LogP contribution in [0.5, 0.6) is 0 Å². The van der Waals surface area contributed by atoms with Crippen LogP contribution in [-0.4, -0.2) is 5.16 Å². The van der Waals surface area contributed by atoms with Crippen LogP contribution in [0, 0.1) is 0 Å². The van der Waals surface area contributed by atoms with Gasteiger partial charge >= 0.3 is 0 Å². The van der Waals surface area contributed by atoms with E-state index < -0.39 is 0 Å². The molecule has 0 spiro atoms. The van der Waals surface area contributed by atoms with Crippen LogP contribution in [0.4, 0.5) is 0 Å². The molecule has 0 amide bonds. The van der Waals surface area contributed by atoms with E-state index in [0.717, 1.165) is 0 Å². The first-order valence-electron chi connectivity index (χ1n) is 3.86. The van der Waals surface area contributed by atoms with E-state index in [4.69, 9.17) is 0 Å². The minimum Gasteiger partial charge on any atom is -0.500 e. The van der Waals surface area contributed by atoms with E-state index in [1.807, 2.05) is 0 Å². The highest BCUT2D eigenvalue weighted by Gasteiger charge is 1.94. The van der Waals surface area contributed by atoms with E-state index in [9.17, 15) is 0 Å². The SMILES string of the molecule is CC(C)(C)[P-]c1ccccc1. The minimum absolute atomic E-state index is 0.376. The zero-order valence-electron chi connectivity index (χ0n) is 7.33. The maximum absolute atomic E-state index is 2.25. The Morgan fingerprint density at radius 2 is 1.55 bits per heavy atom. The van der Waals surface area contributed by atoms with E-state index in [1.165, 1.54) is 13.9 Å². The van der Waals surface area contributed by atoms with Crippen molar-refractivity contribution < 1.29 is 0 Å². The van der Waals surface area contributed by atoms with Gasteiger partial charge in [-0.3, -0.25) is 0 Å². The van der Waals surface area contributed by atoms with Gasteiger partial charge in [0.2, 0.25) is 0 Å². The molecule has 0 nitrogen and oxygen atoms in total. The van der Waals surface area contributed by atoms with Gasteiger partial charge in [0.05, 0.1) is 0 Å². The second-order valence-corrected chi connectivity index (χ2v) is 5.70. The van der Waals surface area contributed by atoms with Gasteiger partial charge in [-0.15, -0.1) is 0 Å². The van der Waals surface area contributed by atoms with Gasteiger partial charge < -0.3 is 8.58 Å². The molecule has 0 heterocycles. The molecule has 0 bridgehead atoms. The fraction of sp³-hybridized carbons (Fsp3) is 0.400. The quantitative estimate of drug-likeness (QED) is 0.561. The number of benzene rings is 1. The normalized spacial score (nSPS) is 12.6. The van der Waals surface area contributed by atoms with Crippen molar-refractivity contribution in [3.8, 4) is 0 Å². The molecule has 1 aromatic rings. The Kier molecular flexibility index (Phi) is 2.67. The summed E-state index contributed by atoms with van der Waals surface area (Å²) in [6.07, 6.45) is 0. The van der Waals surface area contributed by atoms with Crippen LogP contribution in [0.2, 0.25) is 0 Å². The maximum Gasteiger partial charge on any atom is -0.0624 e. The highest BCUT2D eigenvalue weighted by molar-refractivity contribution is 7.48. The monoisotopic (exact) mass is 165 g/mol. The van der Waals surface area contributed by atoms with Gasteiger partial charge in [0.1, 0.15) is 0 Å². The molecule has 0 aromatic heterocycles. The Morgan fingerprint density at radius 3 is 2.00 bits per heavy atom. The van der Waals surface area contributed by atoms with Gasteiger partial charge in [-0.05, 0) is 0 Å². The first kappa shape index (κ1) is 8.74. The lowest BCUT2D eigenvalue weighted by molar-refractivity contribution is 0.799. The van der Waals surface area contributed by atoms with Gasteiger partial charge in [-0.25, -0.2) is 5.30 Å². The van der Waals surface area contributed by atoms with Gasteiger partial charge in [0.25, 0.3) is 0 Å². The highest BCUT2D eigenvalue weighted by Crippen LogP contribution is 2.28. The smallest absolute Gasteiger partial charge is 0.0624 e. The van der Waals surface area contributed by atoms with E-state index in [1.54, 1.807) is 0 Å². The third-order valence-corrected chi connectivity index (χ3v) is 2.45. The Hall–Kier alpha value is -0.350.